The van der Waals surface area contributed by atoms with Crippen LogP contribution in [-0.2, 0) is 0 Å². The summed E-state index contributed by atoms with van der Waals surface area (Å²) in [7, 11) is 0. The first-order valence-electron chi connectivity index (χ1n) is 6.03. The van der Waals surface area contributed by atoms with E-state index < -0.39 is 0 Å². The van der Waals surface area contributed by atoms with E-state index in [2.05, 4.69) is 35.9 Å². The van der Waals surface area contributed by atoms with Gasteiger partial charge in [0.15, 0.2) is 0 Å². The molecule has 3 N–H and O–H groups in total. The first-order valence-corrected chi connectivity index (χ1v) is 6.82. The van der Waals surface area contributed by atoms with Crippen molar-refractivity contribution in [3.8, 4) is 17.1 Å². The van der Waals surface area contributed by atoms with Gasteiger partial charge in [0, 0.05) is 5.56 Å². The quantitative estimate of drug-likeness (QED) is 0.499. The number of fused-ring (bicyclic) bond motifs is 2. The molecule has 2 heterocycles. The van der Waals surface area contributed by atoms with Crippen LogP contribution < -0.4 is 0 Å². The fourth-order valence-electron chi connectivity index (χ4n) is 2.27. The molecule has 4 aromatic rings. The Morgan fingerprint density at radius 2 is 2.00 bits per heavy atom. The van der Waals surface area contributed by atoms with Crippen LogP contribution in [0.4, 0.5) is 0 Å². The predicted octanol–water partition coefficient (Wildman–Crippen LogP) is 3.57. The van der Waals surface area contributed by atoms with E-state index in [1.807, 2.05) is 18.2 Å². The number of nitrogens with one attached hydrogen (secondary N) is 2. The number of hydrogen-bond acceptors (Lipinski definition) is 3. The minimum absolute atomic E-state index is 0.191. The number of rotatable bonds is 1. The van der Waals surface area contributed by atoms with Gasteiger partial charge in [0.05, 0.1) is 32.9 Å². The first kappa shape index (κ1) is 11.5. The fourth-order valence-corrected chi connectivity index (χ4v) is 2.72. The molecule has 0 aliphatic rings. The van der Waals surface area contributed by atoms with E-state index in [0.717, 1.165) is 27.6 Å². The molecule has 4 rings (SSSR count). The molecule has 2 aromatic heterocycles. The second-order valence-corrected chi connectivity index (χ2v) is 5.31. The number of aromatic nitrogens is 4. The lowest BCUT2D eigenvalue weighted by molar-refractivity contribution is 0.472. The Hall–Kier alpha value is -2.34. The zero-order chi connectivity index (χ0) is 13.7. The Labute approximate surface area is 121 Å². The smallest absolute Gasteiger partial charge is 0.139 e. The van der Waals surface area contributed by atoms with Gasteiger partial charge in [-0.1, -0.05) is 6.07 Å². The number of phenolic OH excluding ortho intramolecular Hbond substituents is 1. The standard InChI is InChI=1S/C14H9BrN4O/c15-13-7(2-1-3-12(13)20)14-18-10-4-8-9(17-6-16-8)5-11(10)19-14/h1-6,20H,(H,16,17)(H,18,19). The summed E-state index contributed by atoms with van der Waals surface area (Å²) in [5.74, 6) is 0.896. The molecule has 20 heavy (non-hydrogen) atoms. The summed E-state index contributed by atoms with van der Waals surface area (Å²) >= 11 is 3.38. The van der Waals surface area contributed by atoms with Crippen LogP contribution in [0.2, 0.25) is 0 Å². The molecule has 0 spiro atoms. The van der Waals surface area contributed by atoms with Crippen LogP contribution in [0.1, 0.15) is 0 Å². The summed E-state index contributed by atoms with van der Waals surface area (Å²) in [5, 5.41) is 9.75. The fraction of sp³-hybridized carbons (Fsp3) is 0. The highest BCUT2D eigenvalue weighted by molar-refractivity contribution is 9.10. The number of H-pyrrole nitrogens is 2. The molecular formula is C14H9BrN4O. The molecular weight excluding hydrogens is 320 g/mol. The molecule has 0 amide bonds. The highest BCUT2D eigenvalue weighted by atomic mass is 79.9. The van der Waals surface area contributed by atoms with Crippen LogP contribution >= 0.6 is 15.9 Å². The maximum atomic E-state index is 9.75. The number of aromatic amines is 2. The van der Waals surface area contributed by atoms with Gasteiger partial charge in [-0.25, -0.2) is 9.97 Å². The van der Waals surface area contributed by atoms with E-state index in [4.69, 9.17) is 0 Å². The normalized spacial score (nSPS) is 11.4. The molecule has 6 heteroatoms. The van der Waals surface area contributed by atoms with Gasteiger partial charge in [-0.2, -0.15) is 0 Å². The Morgan fingerprint density at radius 3 is 2.90 bits per heavy atom. The van der Waals surface area contributed by atoms with Crippen molar-refractivity contribution in [1.82, 2.24) is 19.9 Å². The SMILES string of the molecule is Oc1cccc(-c2nc3cc4nc[nH]c4cc3[nH]2)c1Br. The van der Waals surface area contributed by atoms with Crippen molar-refractivity contribution in [3.05, 3.63) is 41.1 Å². The maximum Gasteiger partial charge on any atom is 0.139 e. The average molecular weight is 329 g/mol. The molecule has 0 aliphatic carbocycles. The van der Waals surface area contributed by atoms with Crippen LogP contribution in [0.25, 0.3) is 33.5 Å². The van der Waals surface area contributed by atoms with Crippen molar-refractivity contribution in [2.24, 2.45) is 0 Å². The van der Waals surface area contributed by atoms with Crippen molar-refractivity contribution in [3.63, 3.8) is 0 Å². The largest absolute Gasteiger partial charge is 0.507 e. The van der Waals surface area contributed by atoms with Crippen molar-refractivity contribution in [1.29, 1.82) is 0 Å². The third-order valence-electron chi connectivity index (χ3n) is 3.26. The van der Waals surface area contributed by atoms with Gasteiger partial charge >= 0.3 is 0 Å². The van der Waals surface area contributed by atoms with Gasteiger partial charge in [-0.05, 0) is 40.2 Å². The second-order valence-electron chi connectivity index (χ2n) is 4.51. The molecule has 0 aliphatic heterocycles. The number of nitrogens with zero attached hydrogens (tertiary/aromatic N) is 2. The van der Waals surface area contributed by atoms with Gasteiger partial charge in [-0.15, -0.1) is 0 Å². The lowest BCUT2D eigenvalue weighted by atomic mass is 10.2. The molecule has 0 bridgehead atoms. The van der Waals surface area contributed by atoms with Gasteiger partial charge in [0.25, 0.3) is 0 Å². The number of phenols is 1. The summed E-state index contributed by atoms with van der Waals surface area (Å²) in [6, 6.07) is 9.21. The zero-order valence-corrected chi connectivity index (χ0v) is 11.8. The highest BCUT2D eigenvalue weighted by Gasteiger charge is 2.12. The van der Waals surface area contributed by atoms with E-state index in [1.54, 1.807) is 18.5 Å². The number of halogens is 1. The maximum absolute atomic E-state index is 9.75. The van der Waals surface area contributed by atoms with Gasteiger partial charge < -0.3 is 15.1 Å². The van der Waals surface area contributed by atoms with Crippen LogP contribution in [0.3, 0.4) is 0 Å². The number of benzene rings is 2. The van der Waals surface area contributed by atoms with Gasteiger partial charge in [-0.3, -0.25) is 0 Å². The number of aromatic hydroxyl groups is 1. The monoisotopic (exact) mass is 328 g/mol. The van der Waals surface area contributed by atoms with Crippen molar-refractivity contribution in [2.45, 2.75) is 0 Å². The number of imidazole rings is 2. The first-order chi connectivity index (χ1) is 9.72. The zero-order valence-electron chi connectivity index (χ0n) is 10.2. The lowest BCUT2D eigenvalue weighted by Gasteiger charge is -2.02. The van der Waals surface area contributed by atoms with E-state index >= 15 is 0 Å². The Kier molecular flexibility index (Phi) is 2.34. The summed E-state index contributed by atoms with van der Waals surface area (Å²) in [6.45, 7) is 0. The minimum atomic E-state index is 0.191. The van der Waals surface area contributed by atoms with E-state index in [-0.39, 0.29) is 5.75 Å². The Balaban J connectivity index is 1.98. The van der Waals surface area contributed by atoms with Crippen molar-refractivity contribution >= 4 is 38.0 Å². The third-order valence-corrected chi connectivity index (χ3v) is 4.09. The van der Waals surface area contributed by atoms with Crippen LogP contribution in [0.5, 0.6) is 5.75 Å². The van der Waals surface area contributed by atoms with Crippen molar-refractivity contribution < 1.29 is 5.11 Å². The molecule has 0 saturated heterocycles. The van der Waals surface area contributed by atoms with Crippen molar-refractivity contribution in [2.75, 3.05) is 0 Å². The molecule has 0 fully saturated rings. The minimum Gasteiger partial charge on any atom is -0.507 e. The summed E-state index contributed by atoms with van der Waals surface area (Å²) in [6.07, 6.45) is 1.66. The molecule has 2 aromatic carbocycles. The van der Waals surface area contributed by atoms with Gasteiger partial charge in [0.1, 0.15) is 11.6 Å². The molecule has 5 nitrogen and oxygen atoms in total. The summed E-state index contributed by atoms with van der Waals surface area (Å²) < 4.78 is 0.628. The third kappa shape index (κ3) is 1.61. The highest BCUT2D eigenvalue weighted by Crippen LogP contribution is 2.34. The molecule has 0 unspecified atom stereocenters. The molecule has 0 radical (unpaired) electrons. The lowest BCUT2D eigenvalue weighted by Crippen LogP contribution is -1.82. The molecule has 98 valence electrons. The molecule has 0 atom stereocenters. The van der Waals surface area contributed by atoms with Crippen LogP contribution in [0.15, 0.2) is 41.1 Å². The van der Waals surface area contributed by atoms with Crippen LogP contribution in [0, 0.1) is 0 Å². The number of hydrogen-bond donors (Lipinski definition) is 3. The predicted molar refractivity (Wildman–Crippen MR) is 80.5 cm³/mol. The topological polar surface area (TPSA) is 77.6 Å². The second kappa shape index (κ2) is 4.08. The summed E-state index contributed by atoms with van der Waals surface area (Å²) in [5.41, 5.74) is 4.42. The molecule has 0 saturated carbocycles. The van der Waals surface area contributed by atoms with E-state index in [9.17, 15) is 5.11 Å². The average Bonchev–Trinajstić information content (AvgIpc) is 3.04. The van der Waals surface area contributed by atoms with Gasteiger partial charge in [0.2, 0.25) is 0 Å². The Bertz CT molecular complexity index is 893. The Morgan fingerprint density at radius 1 is 1.10 bits per heavy atom. The van der Waals surface area contributed by atoms with E-state index in [0.29, 0.717) is 10.3 Å². The van der Waals surface area contributed by atoms with E-state index in [1.165, 1.54) is 0 Å². The van der Waals surface area contributed by atoms with Crippen LogP contribution in [-0.4, -0.2) is 25.0 Å². The summed E-state index contributed by atoms with van der Waals surface area (Å²) in [4.78, 5) is 15.1.